The van der Waals surface area contributed by atoms with Crippen LogP contribution in [0.25, 0.3) is 0 Å². The highest BCUT2D eigenvalue weighted by Gasteiger charge is 2.21. The van der Waals surface area contributed by atoms with E-state index in [4.69, 9.17) is 23.2 Å². The van der Waals surface area contributed by atoms with Crippen molar-refractivity contribution in [3.05, 3.63) is 56.1 Å². The van der Waals surface area contributed by atoms with Gasteiger partial charge in [0.1, 0.15) is 11.4 Å². The summed E-state index contributed by atoms with van der Waals surface area (Å²) in [5.74, 6) is -0.140. The van der Waals surface area contributed by atoms with Crippen LogP contribution in [0.15, 0.2) is 35.3 Å². The van der Waals surface area contributed by atoms with Crippen molar-refractivity contribution in [1.82, 2.24) is 0 Å². The first-order valence-electron chi connectivity index (χ1n) is 8.21. The Morgan fingerprint density at radius 1 is 1.15 bits per heavy atom. The topological polar surface area (TPSA) is 79.0 Å². The molecule has 0 atom stereocenters. The molecule has 1 aliphatic rings. The predicted molar refractivity (Wildman–Crippen MR) is 105 cm³/mol. The lowest BCUT2D eigenvalue weighted by molar-refractivity contribution is -0.384. The minimum absolute atomic E-state index is 0.0231. The van der Waals surface area contributed by atoms with Gasteiger partial charge in [0.25, 0.3) is 5.69 Å². The normalized spacial score (nSPS) is 14.8. The molecular weight excluding hydrogens is 377 g/mol. The summed E-state index contributed by atoms with van der Waals surface area (Å²) in [6.07, 6.45) is 4.60. The summed E-state index contributed by atoms with van der Waals surface area (Å²) in [5, 5.41) is 21.9. The van der Waals surface area contributed by atoms with E-state index in [1.54, 1.807) is 12.1 Å². The molecule has 0 aromatic heterocycles. The number of aromatic hydroxyl groups is 1. The fourth-order valence-electron chi connectivity index (χ4n) is 2.97. The number of anilines is 1. The average Bonchev–Trinajstić information content (AvgIpc) is 2.64. The minimum atomic E-state index is -0.392. The number of nitrogens with zero attached hydrogens (tertiary/aromatic N) is 3. The molecule has 0 amide bonds. The molecule has 1 aliphatic heterocycles. The van der Waals surface area contributed by atoms with Gasteiger partial charge in [0.15, 0.2) is 0 Å². The van der Waals surface area contributed by atoms with Crippen LogP contribution in [0.1, 0.15) is 24.8 Å². The zero-order valence-corrected chi connectivity index (χ0v) is 15.4. The summed E-state index contributed by atoms with van der Waals surface area (Å²) >= 11 is 11.8. The van der Waals surface area contributed by atoms with E-state index in [0.717, 1.165) is 32.4 Å². The number of hydrogen-bond donors (Lipinski definition) is 1. The smallest absolute Gasteiger partial charge is 0.294 e. The van der Waals surface area contributed by atoms with E-state index < -0.39 is 4.92 Å². The fourth-order valence-corrected chi connectivity index (χ4v) is 3.48. The second-order valence-electron chi connectivity index (χ2n) is 6.06. The molecule has 0 spiro atoms. The predicted octanol–water partition coefficient (Wildman–Crippen LogP) is 5.35. The van der Waals surface area contributed by atoms with Crippen molar-refractivity contribution >= 4 is 46.5 Å². The van der Waals surface area contributed by atoms with Crippen LogP contribution in [0, 0.1) is 10.1 Å². The van der Waals surface area contributed by atoms with Crippen LogP contribution in [-0.2, 0) is 0 Å². The Kier molecular flexibility index (Phi) is 5.64. The van der Waals surface area contributed by atoms with Gasteiger partial charge in [-0.05, 0) is 43.5 Å². The van der Waals surface area contributed by atoms with Crippen molar-refractivity contribution in [3.8, 4) is 5.75 Å². The zero-order valence-electron chi connectivity index (χ0n) is 13.9. The van der Waals surface area contributed by atoms with Gasteiger partial charge in [-0.1, -0.05) is 23.2 Å². The Labute approximate surface area is 160 Å². The molecule has 0 radical (unpaired) electrons. The lowest BCUT2D eigenvalue weighted by atomic mass is 10.1. The summed E-state index contributed by atoms with van der Waals surface area (Å²) < 4.78 is 0. The molecular formula is C18H17Cl2N3O3. The number of phenols is 1. The molecule has 136 valence electrons. The van der Waals surface area contributed by atoms with Crippen molar-refractivity contribution in [2.75, 3.05) is 18.0 Å². The zero-order chi connectivity index (χ0) is 18.7. The van der Waals surface area contributed by atoms with Gasteiger partial charge in [-0.25, -0.2) is 0 Å². The Morgan fingerprint density at radius 3 is 2.58 bits per heavy atom. The van der Waals surface area contributed by atoms with Gasteiger partial charge < -0.3 is 10.0 Å². The monoisotopic (exact) mass is 393 g/mol. The number of nitro groups is 1. The number of benzene rings is 2. The third kappa shape index (κ3) is 4.08. The molecule has 0 saturated carbocycles. The second-order valence-corrected chi connectivity index (χ2v) is 6.91. The molecule has 0 aliphatic carbocycles. The van der Waals surface area contributed by atoms with E-state index in [1.807, 2.05) is 4.90 Å². The van der Waals surface area contributed by atoms with E-state index in [-0.39, 0.29) is 16.5 Å². The van der Waals surface area contributed by atoms with E-state index in [0.29, 0.717) is 22.0 Å². The first kappa shape index (κ1) is 18.5. The van der Waals surface area contributed by atoms with Gasteiger partial charge in [-0.15, -0.1) is 0 Å². The van der Waals surface area contributed by atoms with Crippen LogP contribution < -0.4 is 4.90 Å². The van der Waals surface area contributed by atoms with E-state index in [2.05, 4.69) is 4.99 Å². The highest BCUT2D eigenvalue weighted by Crippen LogP contribution is 2.34. The van der Waals surface area contributed by atoms with Gasteiger partial charge in [0, 0.05) is 36.0 Å². The van der Waals surface area contributed by atoms with Crippen molar-refractivity contribution < 1.29 is 10.0 Å². The van der Waals surface area contributed by atoms with Crippen LogP contribution in [0.5, 0.6) is 5.75 Å². The van der Waals surface area contributed by atoms with Gasteiger partial charge in [-0.3, -0.25) is 15.1 Å². The Bertz CT molecular complexity index is 865. The Balaban J connectivity index is 1.91. The Hall–Kier alpha value is -2.31. The van der Waals surface area contributed by atoms with Crippen molar-refractivity contribution in [2.45, 2.75) is 19.3 Å². The summed E-state index contributed by atoms with van der Waals surface area (Å²) in [4.78, 5) is 17.4. The number of halogens is 2. The second kappa shape index (κ2) is 7.93. The highest BCUT2D eigenvalue weighted by atomic mass is 35.5. The molecule has 2 aromatic rings. The highest BCUT2D eigenvalue weighted by molar-refractivity contribution is 6.36. The molecule has 1 N–H and O–H groups in total. The SMILES string of the molecule is O=[N+]([O-])c1cc(N=Cc2cc(Cl)cc(Cl)c2O)ccc1N1CCCCC1. The third-order valence-corrected chi connectivity index (χ3v) is 4.77. The largest absolute Gasteiger partial charge is 0.506 e. The van der Waals surface area contributed by atoms with Crippen LogP contribution in [-0.4, -0.2) is 29.3 Å². The summed E-state index contributed by atoms with van der Waals surface area (Å²) in [6, 6.07) is 7.82. The summed E-state index contributed by atoms with van der Waals surface area (Å²) in [7, 11) is 0. The number of hydrogen-bond acceptors (Lipinski definition) is 5. The van der Waals surface area contributed by atoms with E-state index in [1.165, 1.54) is 24.4 Å². The van der Waals surface area contributed by atoms with Crippen LogP contribution in [0.3, 0.4) is 0 Å². The molecule has 8 heteroatoms. The number of nitro benzene ring substituents is 1. The van der Waals surface area contributed by atoms with Crippen molar-refractivity contribution in [1.29, 1.82) is 0 Å². The number of phenolic OH excluding ortho intramolecular Hbond substituents is 1. The van der Waals surface area contributed by atoms with Crippen molar-refractivity contribution in [3.63, 3.8) is 0 Å². The molecule has 0 bridgehead atoms. The van der Waals surface area contributed by atoms with Gasteiger partial charge in [0.05, 0.1) is 15.6 Å². The lowest BCUT2D eigenvalue weighted by Gasteiger charge is -2.28. The number of rotatable bonds is 4. The lowest BCUT2D eigenvalue weighted by Crippen LogP contribution is -2.29. The molecule has 1 saturated heterocycles. The van der Waals surface area contributed by atoms with Gasteiger partial charge in [-0.2, -0.15) is 0 Å². The molecule has 26 heavy (non-hydrogen) atoms. The quantitative estimate of drug-likeness (QED) is 0.431. The van der Waals surface area contributed by atoms with Gasteiger partial charge in [0.2, 0.25) is 0 Å². The maximum absolute atomic E-state index is 11.5. The Morgan fingerprint density at radius 2 is 1.88 bits per heavy atom. The van der Waals surface area contributed by atoms with Gasteiger partial charge >= 0.3 is 0 Å². The third-order valence-electron chi connectivity index (χ3n) is 4.26. The molecule has 3 rings (SSSR count). The standard InChI is InChI=1S/C18H17Cl2N3O3/c19-13-8-12(18(24)15(20)9-13)11-21-14-4-5-16(17(10-14)23(25)26)22-6-2-1-3-7-22/h4-5,8-11,24H,1-3,6-7H2. The first-order valence-corrected chi connectivity index (χ1v) is 8.97. The van der Waals surface area contributed by atoms with Crippen LogP contribution in [0.2, 0.25) is 10.0 Å². The number of aliphatic imine (C=N–C) groups is 1. The fraction of sp³-hybridized carbons (Fsp3) is 0.278. The maximum Gasteiger partial charge on any atom is 0.294 e. The molecule has 2 aromatic carbocycles. The molecule has 1 heterocycles. The molecule has 0 unspecified atom stereocenters. The molecule has 6 nitrogen and oxygen atoms in total. The summed E-state index contributed by atoms with van der Waals surface area (Å²) in [5.41, 5.74) is 1.38. The summed E-state index contributed by atoms with van der Waals surface area (Å²) in [6.45, 7) is 1.64. The van der Waals surface area contributed by atoms with Crippen molar-refractivity contribution in [2.24, 2.45) is 4.99 Å². The average molecular weight is 394 g/mol. The minimum Gasteiger partial charge on any atom is -0.506 e. The van der Waals surface area contributed by atoms with E-state index >= 15 is 0 Å². The van der Waals surface area contributed by atoms with E-state index in [9.17, 15) is 15.2 Å². The van der Waals surface area contributed by atoms with Crippen LogP contribution in [0.4, 0.5) is 17.1 Å². The number of piperidine rings is 1. The first-order chi connectivity index (χ1) is 12.5. The van der Waals surface area contributed by atoms with Crippen LogP contribution >= 0.6 is 23.2 Å². The maximum atomic E-state index is 11.5. The molecule has 1 fully saturated rings.